The fourth-order valence-corrected chi connectivity index (χ4v) is 4.15. The summed E-state index contributed by atoms with van der Waals surface area (Å²) in [7, 11) is 0. The van der Waals surface area contributed by atoms with Crippen LogP contribution in [0.4, 0.5) is 0 Å². The van der Waals surface area contributed by atoms with Crippen LogP contribution in [-0.4, -0.2) is 30.1 Å². The topological polar surface area (TPSA) is 117 Å². The minimum absolute atomic E-state index is 0.0220. The number of hydrogen-bond donors (Lipinski definition) is 1. The Morgan fingerprint density at radius 2 is 1.87 bits per heavy atom. The Kier molecular flexibility index (Phi) is 8.67. The third kappa shape index (κ3) is 6.48. The summed E-state index contributed by atoms with van der Waals surface area (Å²) < 4.78 is 10.8. The highest BCUT2D eigenvalue weighted by Gasteiger charge is 2.11. The van der Waals surface area contributed by atoms with Crippen molar-refractivity contribution in [3.63, 3.8) is 0 Å². The summed E-state index contributed by atoms with van der Waals surface area (Å²) in [5.41, 5.74) is 9.87. The molecule has 0 aliphatic heterocycles. The Hall–Kier alpha value is -3.07. The van der Waals surface area contributed by atoms with Crippen molar-refractivity contribution in [2.45, 2.75) is 27.7 Å². The standard InChI is InChI=1S/C10H11N3O2S.C10H11NO2S/c1-3-15-10(14)9(12-13-11)6-8-5-4-7(2)16-8;1-3-13-10(12)8-5-9-7(11-8)4-6(2)14-9/h4-6H,3H2,1-2H3;4-5,11H,3H2,1-2H3/b9-6-;. The van der Waals surface area contributed by atoms with Crippen LogP contribution in [0, 0.1) is 13.8 Å². The van der Waals surface area contributed by atoms with Crippen LogP contribution in [0.15, 0.2) is 35.1 Å². The lowest BCUT2D eigenvalue weighted by Crippen LogP contribution is -2.05. The number of rotatable bonds is 6. The van der Waals surface area contributed by atoms with E-state index in [1.54, 1.807) is 25.2 Å². The van der Waals surface area contributed by atoms with Gasteiger partial charge in [0.2, 0.25) is 0 Å². The van der Waals surface area contributed by atoms with Crippen molar-refractivity contribution in [2.75, 3.05) is 13.2 Å². The summed E-state index contributed by atoms with van der Waals surface area (Å²) in [5, 5.41) is 3.32. The molecular weight excluding hydrogens is 424 g/mol. The third-order valence-corrected chi connectivity index (χ3v) is 5.55. The van der Waals surface area contributed by atoms with Crippen LogP contribution >= 0.6 is 22.7 Å². The molecule has 0 radical (unpaired) electrons. The summed E-state index contributed by atoms with van der Waals surface area (Å²) in [4.78, 5) is 31.6. The number of aromatic nitrogens is 1. The summed E-state index contributed by atoms with van der Waals surface area (Å²) in [6, 6.07) is 7.65. The molecule has 10 heteroatoms. The number of fused-ring (bicyclic) bond motifs is 1. The van der Waals surface area contributed by atoms with Crippen molar-refractivity contribution in [3.05, 3.63) is 60.7 Å². The minimum atomic E-state index is -0.605. The number of esters is 2. The SMILES string of the molecule is CCOC(=O)/C(=C/c1ccc(C)s1)N=[N+]=[N-].CCOC(=O)c1cc2sc(C)cc2[nH]1. The molecule has 1 N–H and O–H groups in total. The number of ether oxygens (including phenoxy) is 2. The summed E-state index contributed by atoms with van der Waals surface area (Å²) >= 11 is 3.18. The van der Waals surface area contributed by atoms with Gasteiger partial charge in [-0.1, -0.05) is 5.11 Å². The average molecular weight is 447 g/mol. The number of carbonyl (C=O) groups excluding carboxylic acids is 2. The van der Waals surface area contributed by atoms with Crippen LogP contribution in [0.3, 0.4) is 0 Å². The number of nitrogens with one attached hydrogen (secondary N) is 1. The predicted octanol–water partition coefficient (Wildman–Crippen LogP) is 5.99. The van der Waals surface area contributed by atoms with Gasteiger partial charge in [-0.15, -0.1) is 22.7 Å². The van der Waals surface area contributed by atoms with Gasteiger partial charge in [-0.05, 0) is 63.6 Å². The molecule has 158 valence electrons. The van der Waals surface area contributed by atoms with Crippen LogP contribution in [0.25, 0.3) is 26.7 Å². The van der Waals surface area contributed by atoms with Gasteiger partial charge < -0.3 is 14.5 Å². The molecular formula is C20H22N4O4S2. The lowest BCUT2D eigenvalue weighted by Gasteiger charge is -1.99. The van der Waals surface area contributed by atoms with Crippen molar-refractivity contribution in [1.29, 1.82) is 0 Å². The smallest absolute Gasteiger partial charge is 0.354 e. The summed E-state index contributed by atoms with van der Waals surface area (Å²) in [5.74, 6) is -0.889. The monoisotopic (exact) mass is 446 g/mol. The molecule has 0 spiro atoms. The molecule has 3 aromatic heterocycles. The quantitative estimate of drug-likeness (QED) is 0.165. The molecule has 0 amide bonds. The summed E-state index contributed by atoms with van der Waals surface area (Å²) in [6.45, 7) is 8.15. The molecule has 8 nitrogen and oxygen atoms in total. The van der Waals surface area contributed by atoms with Gasteiger partial charge in [-0.25, -0.2) is 9.59 Å². The van der Waals surface area contributed by atoms with Gasteiger partial charge in [0.25, 0.3) is 0 Å². The van der Waals surface area contributed by atoms with E-state index in [9.17, 15) is 9.59 Å². The minimum Gasteiger partial charge on any atom is -0.462 e. The first-order chi connectivity index (χ1) is 14.4. The fourth-order valence-electron chi connectivity index (χ4n) is 2.42. The van der Waals surface area contributed by atoms with Gasteiger partial charge in [0.1, 0.15) is 11.4 Å². The Balaban J connectivity index is 0.000000215. The maximum absolute atomic E-state index is 11.4. The Morgan fingerprint density at radius 1 is 1.13 bits per heavy atom. The molecule has 0 unspecified atom stereocenters. The van der Waals surface area contributed by atoms with E-state index < -0.39 is 5.97 Å². The van der Waals surface area contributed by atoms with Gasteiger partial charge in [0.05, 0.1) is 23.4 Å². The third-order valence-electron chi connectivity index (χ3n) is 3.60. The molecule has 3 rings (SSSR count). The second-order valence-electron chi connectivity index (χ2n) is 5.93. The van der Waals surface area contributed by atoms with Gasteiger partial charge in [-0.2, -0.15) is 0 Å². The Bertz CT molecular complexity index is 1070. The predicted molar refractivity (Wildman–Crippen MR) is 120 cm³/mol. The van der Waals surface area contributed by atoms with Gasteiger partial charge in [0, 0.05) is 19.5 Å². The van der Waals surface area contributed by atoms with E-state index in [0.29, 0.717) is 12.3 Å². The number of thiophene rings is 2. The molecule has 0 bridgehead atoms. The number of aryl methyl sites for hydroxylation is 2. The number of azide groups is 1. The summed E-state index contributed by atoms with van der Waals surface area (Å²) in [6.07, 6.45) is 1.52. The first kappa shape index (κ1) is 23.2. The number of carbonyl (C=O) groups is 2. The fraction of sp³-hybridized carbons (Fsp3) is 0.300. The van der Waals surface area contributed by atoms with E-state index >= 15 is 0 Å². The molecule has 0 saturated heterocycles. The molecule has 0 aliphatic carbocycles. The van der Waals surface area contributed by atoms with E-state index in [2.05, 4.69) is 15.0 Å². The van der Waals surface area contributed by atoms with Crippen molar-refractivity contribution in [3.8, 4) is 0 Å². The Labute approximate surface area is 181 Å². The van der Waals surface area contributed by atoms with Crippen LogP contribution in [-0.2, 0) is 14.3 Å². The van der Waals surface area contributed by atoms with Crippen molar-refractivity contribution < 1.29 is 19.1 Å². The maximum atomic E-state index is 11.4. The average Bonchev–Trinajstić information content (AvgIpc) is 3.37. The van der Waals surface area contributed by atoms with Gasteiger partial charge >= 0.3 is 11.9 Å². The van der Waals surface area contributed by atoms with Crippen molar-refractivity contribution in [2.24, 2.45) is 5.11 Å². The van der Waals surface area contributed by atoms with Gasteiger partial charge in [-0.3, -0.25) is 0 Å². The zero-order valence-corrected chi connectivity index (χ0v) is 18.7. The van der Waals surface area contributed by atoms with Crippen molar-refractivity contribution >= 4 is 50.9 Å². The highest BCUT2D eigenvalue weighted by atomic mass is 32.1. The van der Waals surface area contributed by atoms with Crippen LogP contribution < -0.4 is 0 Å². The molecule has 3 heterocycles. The molecule has 30 heavy (non-hydrogen) atoms. The van der Waals surface area contributed by atoms with E-state index in [1.165, 1.54) is 22.3 Å². The number of hydrogen-bond acceptors (Lipinski definition) is 7. The normalized spacial score (nSPS) is 10.7. The molecule has 0 fully saturated rings. The van der Waals surface area contributed by atoms with E-state index in [0.717, 1.165) is 20.0 Å². The zero-order valence-electron chi connectivity index (χ0n) is 17.1. The zero-order chi connectivity index (χ0) is 22.1. The largest absolute Gasteiger partial charge is 0.462 e. The first-order valence-electron chi connectivity index (χ1n) is 9.14. The lowest BCUT2D eigenvalue weighted by atomic mass is 10.3. The number of aromatic amines is 1. The molecule has 0 aliphatic rings. The van der Waals surface area contributed by atoms with E-state index in [1.807, 2.05) is 38.1 Å². The van der Waals surface area contributed by atoms with Crippen LogP contribution in [0.1, 0.15) is 39.0 Å². The highest BCUT2D eigenvalue weighted by Crippen LogP contribution is 2.25. The molecule has 0 atom stereocenters. The van der Waals surface area contributed by atoms with Crippen LogP contribution in [0.5, 0.6) is 0 Å². The van der Waals surface area contributed by atoms with E-state index in [4.69, 9.17) is 15.0 Å². The maximum Gasteiger partial charge on any atom is 0.354 e. The second kappa shape index (κ2) is 11.2. The Morgan fingerprint density at radius 3 is 2.43 bits per heavy atom. The molecule has 0 saturated carbocycles. The molecule has 3 aromatic rings. The first-order valence-corrected chi connectivity index (χ1v) is 10.8. The van der Waals surface area contributed by atoms with Crippen molar-refractivity contribution in [1.82, 2.24) is 4.98 Å². The lowest BCUT2D eigenvalue weighted by molar-refractivity contribution is -0.138. The molecule has 0 aromatic carbocycles. The number of H-pyrrole nitrogens is 1. The van der Waals surface area contributed by atoms with Gasteiger partial charge in [0.15, 0.2) is 0 Å². The van der Waals surface area contributed by atoms with E-state index in [-0.39, 0.29) is 18.3 Å². The number of nitrogens with zero attached hydrogens (tertiary/aromatic N) is 3. The highest BCUT2D eigenvalue weighted by molar-refractivity contribution is 7.19. The van der Waals surface area contributed by atoms with Crippen LogP contribution in [0.2, 0.25) is 0 Å². The second-order valence-corrected chi connectivity index (χ2v) is 8.53.